The lowest BCUT2D eigenvalue weighted by Gasteiger charge is -2.07. The highest BCUT2D eigenvalue weighted by Gasteiger charge is 2.14. The Morgan fingerprint density at radius 3 is 2.31 bits per heavy atom. The molecule has 5 aromatic rings. The summed E-state index contributed by atoms with van der Waals surface area (Å²) in [5.74, 6) is 0. The largest absolute Gasteiger partial charge is 0.319 e. The number of aromatic nitrogens is 4. The molecule has 0 aliphatic rings. The fraction of sp³-hybridized carbons (Fsp3) is 0.0417. The first kappa shape index (κ1) is 17.1. The molecule has 1 N–H and O–H groups in total. The molecule has 2 heterocycles. The molecule has 2 aromatic heterocycles. The summed E-state index contributed by atoms with van der Waals surface area (Å²) in [5, 5.41) is 4.82. The van der Waals surface area contributed by atoms with Gasteiger partial charge in [-0.15, -0.1) is 0 Å². The minimum absolute atomic E-state index is 0.175. The van der Waals surface area contributed by atoms with Crippen LogP contribution >= 0.6 is 0 Å². The van der Waals surface area contributed by atoms with E-state index < -0.39 is 0 Å². The van der Waals surface area contributed by atoms with Crippen LogP contribution in [0.25, 0.3) is 28.0 Å². The molecule has 0 aliphatic heterocycles. The lowest BCUT2D eigenvalue weighted by molar-refractivity contribution is 0.815. The summed E-state index contributed by atoms with van der Waals surface area (Å²) in [7, 11) is 0. The molecule has 0 atom stereocenters. The molecule has 0 bridgehead atoms. The predicted octanol–water partition coefficient (Wildman–Crippen LogP) is 4.37. The van der Waals surface area contributed by atoms with Crippen LogP contribution in [-0.2, 0) is 6.42 Å². The van der Waals surface area contributed by atoms with Crippen LogP contribution in [0.2, 0.25) is 0 Å². The Morgan fingerprint density at radius 1 is 0.828 bits per heavy atom. The van der Waals surface area contributed by atoms with Crippen molar-refractivity contribution in [2.75, 3.05) is 0 Å². The summed E-state index contributed by atoms with van der Waals surface area (Å²) in [5.41, 5.74) is 5.56. The molecule has 0 unspecified atom stereocenters. The first-order valence-electron chi connectivity index (χ1n) is 9.46. The van der Waals surface area contributed by atoms with Crippen molar-refractivity contribution in [3.63, 3.8) is 0 Å². The van der Waals surface area contributed by atoms with E-state index in [-0.39, 0.29) is 5.56 Å². The van der Waals surface area contributed by atoms with Gasteiger partial charge in [0.2, 0.25) is 0 Å². The SMILES string of the molecule is O=c1[nH]c2ccccc2nc1Cc1cc(-c2ccccc2)nn1-c1ccccc1. The molecular formula is C24H18N4O. The number of fused-ring (bicyclic) bond motifs is 1. The molecule has 0 fully saturated rings. The zero-order valence-corrected chi connectivity index (χ0v) is 15.6. The molecule has 0 radical (unpaired) electrons. The molecule has 0 saturated carbocycles. The number of hydrogen-bond donors (Lipinski definition) is 1. The molecule has 29 heavy (non-hydrogen) atoms. The second kappa shape index (κ2) is 7.20. The highest BCUT2D eigenvalue weighted by molar-refractivity contribution is 5.73. The van der Waals surface area contributed by atoms with Crippen molar-refractivity contribution >= 4 is 11.0 Å². The van der Waals surface area contributed by atoms with Crippen LogP contribution in [0.15, 0.2) is 95.8 Å². The van der Waals surface area contributed by atoms with Crippen molar-refractivity contribution in [1.29, 1.82) is 0 Å². The fourth-order valence-electron chi connectivity index (χ4n) is 3.45. The Bertz CT molecular complexity index is 1340. The van der Waals surface area contributed by atoms with E-state index >= 15 is 0 Å². The van der Waals surface area contributed by atoms with E-state index in [0.717, 1.165) is 33.7 Å². The highest BCUT2D eigenvalue weighted by atomic mass is 16.1. The van der Waals surface area contributed by atoms with E-state index in [2.05, 4.69) is 9.97 Å². The van der Waals surface area contributed by atoms with Crippen LogP contribution in [0, 0.1) is 0 Å². The Labute approximate surface area is 167 Å². The summed E-state index contributed by atoms with van der Waals surface area (Å²) in [6, 6.07) is 29.5. The van der Waals surface area contributed by atoms with Crippen LogP contribution in [0.3, 0.4) is 0 Å². The molecule has 140 valence electrons. The zero-order valence-electron chi connectivity index (χ0n) is 15.6. The lowest BCUT2D eigenvalue weighted by atomic mass is 10.1. The third-order valence-corrected chi connectivity index (χ3v) is 4.87. The van der Waals surface area contributed by atoms with Crippen molar-refractivity contribution in [3.8, 4) is 16.9 Å². The maximum atomic E-state index is 12.6. The van der Waals surface area contributed by atoms with Crippen LogP contribution in [-0.4, -0.2) is 19.7 Å². The van der Waals surface area contributed by atoms with Gasteiger partial charge in [-0.1, -0.05) is 60.7 Å². The average Bonchev–Trinajstić information content (AvgIpc) is 3.19. The van der Waals surface area contributed by atoms with Gasteiger partial charge in [0.25, 0.3) is 5.56 Å². The van der Waals surface area contributed by atoms with E-state index in [4.69, 9.17) is 5.10 Å². The van der Waals surface area contributed by atoms with Gasteiger partial charge in [0, 0.05) is 12.0 Å². The topological polar surface area (TPSA) is 63.6 Å². The molecule has 0 aliphatic carbocycles. The first-order valence-corrected chi connectivity index (χ1v) is 9.46. The second-order valence-electron chi connectivity index (χ2n) is 6.84. The van der Waals surface area contributed by atoms with Gasteiger partial charge in [-0.05, 0) is 30.3 Å². The maximum Gasteiger partial charge on any atom is 0.270 e. The van der Waals surface area contributed by atoms with Crippen molar-refractivity contribution in [2.24, 2.45) is 0 Å². The minimum atomic E-state index is -0.175. The van der Waals surface area contributed by atoms with Gasteiger partial charge < -0.3 is 4.98 Å². The number of H-pyrrole nitrogens is 1. The van der Waals surface area contributed by atoms with Crippen LogP contribution in [0.1, 0.15) is 11.4 Å². The van der Waals surface area contributed by atoms with Crippen molar-refractivity contribution in [1.82, 2.24) is 19.7 Å². The molecule has 3 aromatic carbocycles. The Hall–Kier alpha value is -3.99. The maximum absolute atomic E-state index is 12.6. The van der Waals surface area contributed by atoms with E-state index in [1.165, 1.54) is 0 Å². The molecule has 5 nitrogen and oxygen atoms in total. The van der Waals surface area contributed by atoms with Gasteiger partial charge in [0.05, 0.1) is 28.1 Å². The zero-order chi connectivity index (χ0) is 19.6. The second-order valence-corrected chi connectivity index (χ2v) is 6.84. The molecule has 5 rings (SSSR count). The standard InChI is InChI=1S/C24H18N4O/c29-24-23(25-20-13-7-8-14-21(20)26-24)16-19-15-22(17-9-3-1-4-10-17)27-28(19)18-11-5-2-6-12-18/h1-15H,16H2,(H,26,29). The number of hydrogen-bond acceptors (Lipinski definition) is 3. The number of aromatic amines is 1. The summed E-state index contributed by atoms with van der Waals surface area (Å²) in [6.45, 7) is 0. The molecule has 0 saturated heterocycles. The van der Waals surface area contributed by atoms with Crippen molar-refractivity contribution in [3.05, 3.63) is 113 Å². The van der Waals surface area contributed by atoms with Gasteiger partial charge in [0.1, 0.15) is 5.69 Å². The van der Waals surface area contributed by atoms with Crippen LogP contribution in [0.5, 0.6) is 0 Å². The van der Waals surface area contributed by atoms with E-state index in [0.29, 0.717) is 12.1 Å². The van der Waals surface area contributed by atoms with Gasteiger partial charge in [-0.2, -0.15) is 5.10 Å². The van der Waals surface area contributed by atoms with Gasteiger partial charge in [-0.3, -0.25) is 4.79 Å². The molecule has 0 amide bonds. The van der Waals surface area contributed by atoms with Crippen LogP contribution in [0.4, 0.5) is 0 Å². The van der Waals surface area contributed by atoms with Crippen LogP contribution < -0.4 is 5.56 Å². The highest BCUT2D eigenvalue weighted by Crippen LogP contribution is 2.23. The molecule has 0 spiro atoms. The summed E-state index contributed by atoms with van der Waals surface area (Å²) in [4.78, 5) is 20.1. The quantitative estimate of drug-likeness (QED) is 0.505. The number of nitrogens with zero attached hydrogens (tertiary/aromatic N) is 3. The summed E-state index contributed by atoms with van der Waals surface area (Å²) in [6.07, 6.45) is 0.384. The first-order chi connectivity index (χ1) is 14.3. The van der Waals surface area contributed by atoms with Crippen molar-refractivity contribution < 1.29 is 0 Å². The predicted molar refractivity (Wildman–Crippen MR) is 114 cm³/mol. The van der Waals surface area contributed by atoms with Crippen molar-refractivity contribution in [2.45, 2.75) is 6.42 Å². The Balaban J connectivity index is 1.63. The summed E-state index contributed by atoms with van der Waals surface area (Å²) < 4.78 is 1.89. The molecule has 5 heteroatoms. The monoisotopic (exact) mass is 378 g/mol. The van der Waals surface area contributed by atoms with E-state index in [1.54, 1.807) is 0 Å². The smallest absolute Gasteiger partial charge is 0.270 e. The number of nitrogens with one attached hydrogen (secondary N) is 1. The van der Waals surface area contributed by atoms with Gasteiger partial charge in [-0.25, -0.2) is 9.67 Å². The summed E-state index contributed by atoms with van der Waals surface area (Å²) >= 11 is 0. The number of rotatable bonds is 4. The van der Waals surface area contributed by atoms with E-state index in [9.17, 15) is 4.79 Å². The Morgan fingerprint density at radius 2 is 1.52 bits per heavy atom. The Kier molecular flexibility index (Phi) is 4.26. The normalized spacial score (nSPS) is 11.0. The lowest BCUT2D eigenvalue weighted by Crippen LogP contribution is -2.17. The average molecular weight is 378 g/mol. The third kappa shape index (κ3) is 3.34. The van der Waals surface area contributed by atoms with Gasteiger partial charge in [0.15, 0.2) is 0 Å². The number of benzene rings is 3. The van der Waals surface area contributed by atoms with Gasteiger partial charge >= 0.3 is 0 Å². The fourth-order valence-corrected chi connectivity index (χ4v) is 3.45. The van der Waals surface area contributed by atoms with E-state index in [1.807, 2.05) is 95.7 Å². The minimum Gasteiger partial charge on any atom is -0.319 e. The number of para-hydroxylation sites is 3. The molecular weight excluding hydrogens is 360 g/mol. The third-order valence-electron chi connectivity index (χ3n) is 4.87.